The number of hydrogen-bond donors (Lipinski definition) is 3. The molecule has 1 aromatic carbocycles. The number of halogens is 1. The van der Waals surface area contributed by atoms with Crippen molar-refractivity contribution in [3.63, 3.8) is 0 Å². The van der Waals surface area contributed by atoms with Gasteiger partial charge in [0.2, 0.25) is 0 Å². The number of H-pyrrole nitrogens is 1. The van der Waals surface area contributed by atoms with Gasteiger partial charge in [0.25, 0.3) is 0 Å². The van der Waals surface area contributed by atoms with E-state index in [0.717, 1.165) is 42.9 Å². The van der Waals surface area contributed by atoms with E-state index < -0.39 is 0 Å². The Labute approximate surface area is 161 Å². The maximum atomic E-state index is 13.3. The molecule has 0 saturated carbocycles. The number of nitrogens with zero attached hydrogens (tertiary/aromatic N) is 2. The second kappa shape index (κ2) is 9.74. The van der Waals surface area contributed by atoms with Crippen LogP contribution in [0.4, 0.5) is 4.39 Å². The van der Waals surface area contributed by atoms with Crippen molar-refractivity contribution in [2.75, 3.05) is 39.8 Å². The number of aliphatic imine (C=N–C) groups is 1. The molecule has 1 aliphatic heterocycles. The van der Waals surface area contributed by atoms with Gasteiger partial charge in [-0.3, -0.25) is 4.99 Å². The highest BCUT2D eigenvalue weighted by atomic mass is 19.1. The van der Waals surface area contributed by atoms with Gasteiger partial charge >= 0.3 is 0 Å². The molecule has 3 rings (SSSR count). The molecule has 3 N–H and O–H groups in total. The Balaban J connectivity index is 1.40. The van der Waals surface area contributed by atoms with Crippen molar-refractivity contribution >= 4 is 16.9 Å². The average molecular weight is 374 g/mol. The third kappa shape index (κ3) is 5.70. The van der Waals surface area contributed by atoms with Gasteiger partial charge in [0.1, 0.15) is 5.82 Å². The first kappa shape index (κ1) is 19.7. The molecule has 0 spiro atoms. The van der Waals surface area contributed by atoms with Crippen molar-refractivity contribution in [3.05, 3.63) is 35.8 Å². The summed E-state index contributed by atoms with van der Waals surface area (Å²) in [7, 11) is 1.80. The van der Waals surface area contributed by atoms with E-state index in [1.165, 1.54) is 50.0 Å². The van der Waals surface area contributed by atoms with Crippen molar-refractivity contribution in [2.45, 2.75) is 32.6 Å². The Hall–Kier alpha value is -2.08. The third-order valence-electron chi connectivity index (χ3n) is 5.28. The molecule has 2 aromatic rings. The first-order valence-electron chi connectivity index (χ1n) is 10.1. The summed E-state index contributed by atoms with van der Waals surface area (Å²) in [6, 6.07) is 4.89. The van der Waals surface area contributed by atoms with Crippen LogP contribution in [0, 0.1) is 11.7 Å². The fraction of sp³-hybridized carbons (Fsp3) is 0.571. The minimum atomic E-state index is -0.211. The molecule has 1 atom stereocenters. The number of guanidine groups is 1. The molecule has 148 valence electrons. The van der Waals surface area contributed by atoms with Crippen molar-refractivity contribution in [1.82, 2.24) is 20.5 Å². The summed E-state index contributed by atoms with van der Waals surface area (Å²) in [6.45, 7) is 7.63. The van der Waals surface area contributed by atoms with E-state index in [4.69, 9.17) is 0 Å². The number of aromatic nitrogens is 1. The molecule has 1 aliphatic rings. The summed E-state index contributed by atoms with van der Waals surface area (Å²) < 4.78 is 13.3. The van der Waals surface area contributed by atoms with Crippen LogP contribution >= 0.6 is 0 Å². The van der Waals surface area contributed by atoms with E-state index in [1.54, 1.807) is 7.05 Å². The summed E-state index contributed by atoms with van der Waals surface area (Å²) in [4.78, 5) is 10.0. The zero-order valence-corrected chi connectivity index (χ0v) is 16.5. The lowest BCUT2D eigenvalue weighted by molar-refractivity contribution is 0.201. The van der Waals surface area contributed by atoms with Crippen LogP contribution in [0.25, 0.3) is 10.9 Å². The second-order valence-electron chi connectivity index (χ2n) is 7.60. The lowest BCUT2D eigenvalue weighted by atomic mass is 10.1. The van der Waals surface area contributed by atoms with Crippen LogP contribution in [-0.4, -0.2) is 55.6 Å². The lowest BCUT2D eigenvalue weighted by Crippen LogP contribution is -2.42. The minimum absolute atomic E-state index is 0.211. The first-order valence-corrected chi connectivity index (χ1v) is 10.1. The molecule has 27 heavy (non-hydrogen) atoms. The topological polar surface area (TPSA) is 55.5 Å². The van der Waals surface area contributed by atoms with Crippen LogP contribution in [0.3, 0.4) is 0 Å². The summed E-state index contributed by atoms with van der Waals surface area (Å²) in [5.74, 6) is 1.22. The van der Waals surface area contributed by atoms with Gasteiger partial charge in [-0.05, 0) is 62.0 Å². The van der Waals surface area contributed by atoms with Crippen LogP contribution in [0.15, 0.2) is 29.4 Å². The van der Waals surface area contributed by atoms with Crippen LogP contribution in [-0.2, 0) is 6.42 Å². The van der Waals surface area contributed by atoms with Crippen LogP contribution in [0.2, 0.25) is 0 Å². The quantitative estimate of drug-likeness (QED) is 0.516. The predicted molar refractivity (Wildman–Crippen MR) is 111 cm³/mol. The molecule has 1 aromatic heterocycles. The highest BCUT2D eigenvalue weighted by molar-refractivity contribution is 5.83. The van der Waals surface area contributed by atoms with Crippen LogP contribution in [0.1, 0.15) is 31.7 Å². The number of rotatable bonds is 7. The number of likely N-dealkylation sites (tertiary alicyclic amines) is 1. The van der Waals surface area contributed by atoms with E-state index in [2.05, 4.69) is 32.4 Å². The zero-order chi connectivity index (χ0) is 19.1. The Kier molecular flexibility index (Phi) is 7.10. The molecule has 0 aliphatic carbocycles. The summed E-state index contributed by atoms with van der Waals surface area (Å²) in [5.41, 5.74) is 2.03. The normalized spacial score (nSPS) is 17.2. The van der Waals surface area contributed by atoms with Crippen LogP contribution < -0.4 is 10.6 Å². The van der Waals surface area contributed by atoms with Gasteiger partial charge in [-0.25, -0.2) is 4.39 Å². The van der Waals surface area contributed by atoms with E-state index in [-0.39, 0.29) is 5.82 Å². The van der Waals surface area contributed by atoms with Gasteiger partial charge in [0, 0.05) is 43.8 Å². The summed E-state index contributed by atoms with van der Waals surface area (Å²) >= 11 is 0. The van der Waals surface area contributed by atoms with Gasteiger partial charge in [-0.1, -0.05) is 13.3 Å². The molecule has 1 fully saturated rings. The Morgan fingerprint density at radius 1 is 1.26 bits per heavy atom. The third-order valence-corrected chi connectivity index (χ3v) is 5.28. The van der Waals surface area contributed by atoms with Crippen molar-refractivity contribution in [1.29, 1.82) is 0 Å². The maximum absolute atomic E-state index is 13.3. The molecule has 1 saturated heterocycles. The zero-order valence-electron chi connectivity index (χ0n) is 16.5. The molecule has 6 heteroatoms. The van der Waals surface area contributed by atoms with Crippen LogP contribution in [0.5, 0.6) is 0 Å². The first-order chi connectivity index (χ1) is 13.2. The SMILES string of the molecule is CN=C(NCCc1c[nH]c2cc(F)ccc12)NCC(C)CN1CCCCC1. The number of fused-ring (bicyclic) bond motifs is 1. The fourth-order valence-electron chi connectivity index (χ4n) is 3.82. The van der Waals surface area contributed by atoms with Crippen molar-refractivity contribution in [3.8, 4) is 0 Å². The number of benzene rings is 1. The molecular formula is C21H32FN5. The molecular weight excluding hydrogens is 341 g/mol. The minimum Gasteiger partial charge on any atom is -0.361 e. The Morgan fingerprint density at radius 2 is 2.07 bits per heavy atom. The number of aromatic amines is 1. The summed E-state index contributed by atoms with van der Waals surface area (Å²) in [5, 5.41) is 7.90. The molecule has 0 bridgehead atoms. The van der Waals surface area contributed by atoms with Gasteiger partial charge in [0.15, 0.2) is 5.96 Å². The highest BCUT2D eigenvalue weighted by Crippen LogP contribution is 2.19. The van der Waals surface area contributed by atoms with Gasteiger partial charge < -0.3 is 20.5 Å². The van der Waals surface area contributed by atoms with Crippen molar-refractivity contribution in [2.24, 2.45) is 10.9 Å². The predicted octanol–water partition coefficient (Wildman–Crippen LogP) is 3.14. The molecule has 0 radical (unpaired) electrons. The average Bonchev–Trinajstić information content (AvgIpc) is 3.07. The molecule has 0 amide bonds. The van der Waals surface area contributed by atoms with Gasteiger partial charge in [0.05, 0.1) is 0 Å². The monoisotopic (exact) mass is 373 g/mol. The van der Waals surface area contributed by atoms with E-state index in [0.29, 0.717) is 5.92 Å². The molecule has 1 unspecified atom stereocenters. The number of nitrogens with one attached hydrogen (secondary N) is 3. The highest BCUT2D eigenvalue weighted by Gasteiger charge is 2.13. The largest absolute Gasteiger partial charge is 0.361 e. The maximum Gasteiger partial charge on any atom is 0.190 e. The summed E-state index contributed by atoms with van der Waals surface area (Å²) in [6.07, 6.45) is 6.87. The lowest BCUT2D eigenvalue weighted by Gasteiger charge is -2.29. The number of piperidine rings is 1. The molecule has 2 heterocycles. The van der Waals surface area contributed by atoms with E-state index in [9.17, 15) is 4.39 Å². The molecule has 5 nitrogen and oxygen atoms in total. The number of hydrogen-bond acceptors (Lipinski definition) is 2. The Morgan fingerprint density at radius 3 is 2.85 bits per heavy atom. The van der Waals surface area contributed by atoms with Gasteiger partial charge in [-0.2, -0.15) is 0 Å². The standard InChI is InChI=1S/C21H32FN5/c1-16(15-27-10-4-3-5-11-27)13-26-21(23-2)24-9-8-17-14-25-20-12-18(22)6-7-19(17)20/h6-7,12,14,16,25H,3-5,8-11,13,15H2,1-2H3,(H2,23,24,26). The van der Waals surface area contributed by atoms with Crippen molar-refractivity contribution < 1.29 is 4.39 Å². The smallest absolute Gasteiger partial charge is 0.190 e. The fourth-order valence-corrected chi connectivity index (χ4v) is 3.82. The second-order valence-corrected chi connectivity index (χ2v) is 7.60. The van der Waals surface area contributed by atoms with E-state index in [1.807, 2.05) is 12.3 Å². The van der Waals surface area contributed by atoms with E-state index >= 15 is 0 Å². The van der Waals surface area contributed by atoms with Gasteiger partial charge in [-0.15, -0.1) is 0 Å². The Bertz CT molecular complexity index is 748.